The lowest BCUT2D eigenvalue weighted by Crippen LogP contribution is -2.07. The summed E-state index contributed by atoms with van der Waals surface area (Å²) in [4.78, 5) is 11.6. The number of carbonyl (C=O) groups excluding carboxylic acids is 1. The second-order valence-electron chi connectivity index (χ2n) is 5.18. The Morgan fingerprint density at radius 1 is 1.30 bits per heavy atom. The molecule has 0 radical (unpaired) electrons. The fraction of sp³-hybridized carbons (Fsp3) is 0.500. The van der Waals surface area contributed by atoms with Crippen LogP contribution in [0.15, 0.2) is 18.2 Å². The van der Waals surface area contributed by atoms with E-state index in [1.807, 2.05) is 0 Å². The Morgan fingerprint density at radius 2 is 2.00 bits per heavy atom. The van der Waals surface area contributed by atoms with Gasteiger partial charge in [0.25, 0.3) is 0 Å². The number of ether oxygens (including phenoxy) is 2. The second kappa shape index (κ2) is 5.83. The van der Waals surface area contributed by atoms with Gasteiger partial charge in [0.05, 0.1) is 25.0 Å². The van der Waals surface area contributed by atoms with Crippen LogP contribution in [0, 0.1) is 5.92 Å². The van der Waals surface area contributed by atoms with E-state index in [1.54, 1.807) is 12.1 Å². The zero-order valence-electron chi connectivity index (χ0n) is 11.6. The highest BCUT2D eigenvalue weighted by atomic mass is 32.2. The molecule has 2 rings (SSSR count). The van der Waals surface area contributed by atoms with Gasteiger partial charge in [-0.15, -0.1) is 0 Å². The minimum absolute atomic E-state index is 0.127. The first-order valence-corrected chi connectivity index (χ1v) is 8.46. The predicted molar refractivity (Wildman–Crippen MR) is 74.5 cm³/mol. The molecule has 1 aliphatic carbocycles. The third kappa shape index (κ3) is 4.52. The van der Waals surface area contributed by atoms with E-state index < -0.39 is 15.8 Å². The van der Waals surface area contributed by atoms with Crippen LogP contribution >= 0.6 is 0 Å². The Bertz CT molecular complexity index is 602. The van der Waals surface area contributed by atoms with E-state index in [2.05, 4.69) is 4.74 Å². The van der Waals surface area contributed by atoms with E-state index in [0.717, 1.165) is 19.1 Å². The van der Waals surface area contributed by atoms with Gasteiger partial charge < -0.3 is 9.47 Å². The van der Waals surface area contributed by atoms with Crippen LogP contribution in [0.2, 0.25) is 0 Å². The first kappa shape index (κ1) is 14.8. The molecule has 6 heteroatoms. The third-order valence-electron chi connectivity index (χ3n) is 3.00. The van der Waals surface area contributed by atoms with Gasteiger partial charge >= 0.3 is 5.97 Å². The molecule has 0 spiro atoms. The van der Waals surface area contributed by atoms with Gasteiger partial charge in [-0.05, 0) is 42.5 Å². The lowest BCUT2D eigenvalue weighted by molar-refractivity contribution is 0.0600. The third-order valence-corrected chi connectivity index (χ3v) is 3.86. The van der Waals surface area contributed by atoms with Crippen LogP contribution in [0.1, 0.15) is 28.8 Å². The smallest absolute Gasteiger partial charge is 0.337 e. The summed E-state index contributed by atoms with van der Waals surface area (Å²) < 4.78 is 33.1. The number of esters is 1. The molecule has 0 aliphatic heterocycles. The molecule has 0 atom stereocenters. The number of benzene rings is 1. The van der Waals surface area contributed by atoms with Gasteiger partial charge in [-0.2, -0.15) is 0 Å². The van der Waals surface area contributed by atoms with Crippen molar-refractivity contribution in [3.63, 3.8) is 0 Å². The molecule has 0 unspecified atom stereocenters. The topological polar surface area (TPSA) is 69.7 Å². The highest BCUT2D eigenvalue weighted by molar-refractivity contribution is 7.89. The number of methoxy groups -OCH3 is 1. The molecule has 0 amide bonds. The van der Waals surface area contributed by atoms with Crippen molar-refractivity contribution in [1.82, 2.24) is 0 Å². The van der Waals surface area contributed by atoms with Crippen molar-refractivity contribution in [2.75, 3.05) is 20.0 Å². The van der Waals surface area contributed by atoms with Gasteiger partial charge in [0.15, 0.2) is 9.84 Å². The number of hydrogen-bond donors (Lipinski definition) is 0. The molecule has 1 aromatic carbocycles. The van der Waals surface area contributed by atoms with Gasteiger partial charge in [0.1, 0.15) is 5.75 Å². The maximum atomic E-state index is 11.6. The van der Waals surface area contributed by atoms with Crippen molar-refractivity contribution < 1.29 is 22.7 Å². The first-order chi connectivity index (χ1) is 9.37. The molecular weight excluding hydrogens is 280 g/mol. The Morgan fingerprint density at radius 3 is 2.55 bits per heavy atom. The summed E-state index contributed by atoms with van der Waals surface area (Å²) in [5, 5.41) is 0. The molecular formula is C14H18O5S. The number of hydrogen-bond acceptors (Lipinski definition) is 5. The molecule has 1 fully saturated rings. The average molecular weight is 298 g/mol. The molecule has 20 heavy (non-hydrogen) atoms. The number of sulfone groups is 1. The van der Waals surface area contributed by atoms with Crippen LogP contribution in [0.25, 0.3) is 0 Å². The van der Waals surface area contributed by atoms with Crippen LogP contribution < -0.4 is 4.74 Å². The molecule has 1 aromatic rings. The monoisotopic (exact) mass is 298 g/mol. The zero-order chi connectivity index (χ0) is 14.8. The van der Waals surface area contributed by atoms with E-state index >= 15 is 0 Å². The standard InChI is InChI=1S/C14H18O5S/c1-18-14(15)12-5-11(9-20(2,16)17)6-13(7-12)19-8-10-3-4-10/h5-7,10H,3-4,8-9H2,1-2H3. The van der Waals surface area contributed by atoms with Crippen molar-refractivity contribution in [2.45, 2.75) is 18.6 Å². The Hall–Kier alpha value is -1.56. The minimum Gasteiger partial charge on any atom is -0.493 e. The first-order valence-electron chi connectivity index (χ1n) is 6.40. The largest absolute Gasteiger partial charge is 0.493 e. The van der Waals surface area contributed by atoms with Crippen molar-refractivity contribution in [3.05, 3.63) is 29.3 Å². The van der Waals surface area contributed by atoms with Gasteiger partial charge in [0, 0.05) is 6.26 Å². The minimum atomic E-state index is -3.17. The molecule has 0 saturated heterocycles. The highest BCUT2D eigenvalue weighted by Crippen LogP contribution is 2.30. The summed E-state index contributed by atoms with van der Waals surface area (Å²) in [5.41, 5.74) is 0.834. The molecule has 1 saturated carbocycles. The Labute approximate surface area is 118 Å². The lowest BCUT2D eigenvalue weighted by atomic mass is 10.1. The summed E-state index contributed by atoms with van der Waals surface area (Å²) >= 11 is 0. The fourth-order valence-corrected chi connectivity index (χ4v) is 2.64. The fourth-order valence-electron chi connectivity index (χ4n) is 1.86. The maximum absolute atomic E-state index is 11.6. The van der Waals surface area contributed by atoms with Crippen molar-refractivity contribution in [2.24, 2.45) is 5.92 Å². The zero-order valence-corrected chi connectivity index (χ0v) is 12.4. The second-order valence-corrected chi connectivity index (χ2v) is 7.32. The molecule has 1 aliphatic rings. The van der Waals surface area contributed by atoms with Crippen LogP contribution in [-0.2, 0) is 20.3 Å². The van der Waals surface area contributed by atoms with E-state index in [9.17, 15) is 13.2 Å². The van der Waals surface area contributed by atoms with Crippen LogP contribution in [0.5, 0.6) is 5.75 Å². The van der Waals surface area contributed by atoms with Gasteiger partial charge in [-0.25, -0.2) is 13.2 Å². The Balaban J connectivity index is 2.24. The van der Waals surface area contributed by atoms with Gasteiger partial charge in [-0.1, -0.05) is 0 Å². The summed E-state index contributed by atoms with van der Waals surface area (Å²) in [7, 11) is -1.88. The van der Waals surface area contributed by atoms with Crippen molar-refractivity contribution in [1.29, 1.82) is 0 Å². The molecule has 0 aromatic heterocycles. The van der Waals surface area contributed by atoms with Crippen LogP contribution in [0.3, 0.4) is 0 Å². The number of carbonyl (C=O) groups is 1. The van der Waals surface area contributed by atoms with Crippen molar-refractivity contribution in [3.8, 4) is 5.75 Å². The van der Waals surface area contributed by atoms with E-state index in [0.29, 0.717) is 29.4 Å². The quantitative estimate of drug-likeness (QED) is 0.749. The maximum Gasteiger partial charge on any atom is 0.337 e. The summed E-state index contributed by atoms with van der Waals surface area (Å²) in [6.45, 7) is 0.600. The molecule has 0 N–H and O–H groups in total. The van der Waals surface area contributed by atoms with E-state index in [4.69, 9.17) is 4.74 Å². The van der Waals surface area contributed by atoms with Gasteiger partial charge in [0.2, 0.25) is 0 Å². The summed E-state index contributed by atoms with van der Waals surface area (Å²) in [6, 6.07) is 4.77. The highest BCUT2D eigenvalue weighted by Gasteiger charge is 2.22. The number of rotatable bonds is 6. The van der Waals surface area contributed by atoms with Gasteiger partial charge in [-0.3, -0.25) is 0 Å². The molecule has 110 valence electrons. The Kier molecular flexibility index (Phi) is 4.32. The lowest BCUT2D eigenvalue weighted by Gasteiger charge is -2.10. The predicted octanol–water partition coefficient (Wildman–Crippen LogP) is 1.81. The molecule has 5 nitrogen and oxygen atoms in total. The molecule has 0 bridgehead atoms. The van der Waals surface area contributed by atoms with E-state index in [1.165, 1.54) is 13.2 Å². The SMILES string of the molecule is COC(=O)c1cc(CS(C)(=O)=O)cc(OCC2CC2)c1. The van der Waals surface area contributed by atoms with Crippen molar-refractivity contribution >= 4 is 15.8 Å². The summed E-state index contributed by atoms with van der Waals surface area (Å²) in [6.07, 6.45) is 3.47. The van der Waals surface area contributed by atoms with E-state index in [-0.39, 0.29) is 5.75 Å². The normalized spacial score (nSPS) is 14.9. The summed E-state index contributed by atoms with van der Waals surface area (Å²) in [5.74, 6) is 0.461. The van der Waals surface area contributed by atoms with Crippen LogP contribution in [0.4, 0.5) is 0 Å². The molecule has 0 heterocycles. The average Bonchev–Trinajstić information content (AvgIpc) is 3.17. The van der Waals surface area contributed by atoms with Crippen LogP contribution in [-0.4, -0.2) is 34.4 Å².